The van der Waals surface area contributed by atoms with Gasteiger partial charge in [-0.15, -0.1) is 0 Å². The van der Waals surface area contributed by atoms with Crippen molar-refractivity contribution in [3.05, 3.63) is 28.5 Å². The molecule has 2 rings (SSSR count). The van der Waals surface area contributed by atoms with Crippen LogP contribution >= 0.6 is 15.9 Å². The van der Waals surface area contributed by atoms with Crippen molar-refractivity contribution in [1.82, 2.24) is 4.98 Å². The third kappa shape index (κ3) is 3.29. The Kier molecular flexibility index (Phi) is 4.36. The largest absolute Gasteiger partial charge is 0.327 e. The molecule has 2 N–H and O–H groups in total. The van der Waals surface area contributed by atoms with Crippen LogP contribution < -0.4 is 5.73 Å². The van der Waals surface area contributed by atoms with Crippen LogP contribution in [0, 0.1) is 5.92 Å². The maximum Gasteiger partial charge on any atom is 0.0410 e. The average molecular weight is 283 g/mol. The quantitative estimate of drug-likeness (QED) is 0.846. The van der Waals surface area contributed by atoms with E-state index in [-0.39, 0.29) is 0 Å². The van der Waals surface area contributed by atoms with Crippen LogP contribution in [-0.2, 0) is 6.42 Å². The van der Waals surface area contributed by atoms with Gasteiger partial charge in [-0.05, 0) is 52.7 Å². The summed E-state index contributed by atoms with van der Waals surface area (Å²) in [6.45, 7) is 0. The third-order valence-corrected chi connectivity index (χ3v) is 3.91. The zero-order valence-electron chi connectivity index (χ0n) is 9.53. The van der Waals surface area contributed by atoms with Crippen LogP contribution in [0.1, 0.15) is 37.7 Å². The van der Waals surface area contributed by atoms with Gasteiger partial charge in [-0.25, -0.2) is 0 Å². The molecular weight excluding hydrogens is 264 g/mol. The van der Waals surface area contributed by atoms with Crippen molar-refractivity contribution < 1.29 is 0 Å². The second-order valence-electron chi connectivity index (χ2n) is 4.78. The lowest BCUT2D eigenvalue weighted by Gasteiger charge is -2.21. The van der Waals surface area contributed by atoms with Crippen LogP contribution in [0.25, 0.3) is 0 Å². The van der Waals surface area contributed by atoms with E-state index < -0.39 is 0 Å². The first kappa shape index (κ1) is 12.1. The smallest absolute Gasteiger partial charge is 0.0410 e. The molecule has 1 heterocycles. The van der Waals surface area contributed by atoms with Gasteiger partial charge in [-0.3, -0.25) is 4.98 Å². The van der Waals surface area contributed by atoms with Crippen molar-refractivity contribution in [2.45, 2.75) is 44.6 Å². The Morgan fingerprint density at radius 3 is 2.88 bits per heavy atom. The minimum Gasteiger partial charge on any atom is -0.327 e. The maximum atomic E-state index is 6.23. The van der Waals surface area contributed by atoms with E-state index >= 15 is 0 Å². The fourth-order valence-corrected chi connectivity index (χ4v) is 2.95. The summed E-state index contributed by atoms with van der Waals surface area (Å²) in [5.41, 5.74) is 7.54. The lowest BCUT2D eigenvalue weighted by Crippen LogP contribution is -2.30. The standard InChI is InChI=1S/C13H19BrN2/c14-12-7-10(8-16-9-12)6-11-4-2-1-3-5-13(11)15/h7-9,11,13H,1-6,15H2. The number of nitrogens with zero attached hydrogens (tertiary/aromatic N) is 1. The van der Waals surface area contributed by atoms with E-state index in [4.69, 9.17) is 5.73 Å². The summed E-state index contributed by atoms with van der Waals surface area (Å²) in [7, 11) is 0. The number of nitrogens with two attached hydrogens (primary N) is 1. The highest BCUT2D eigenvalue weighted by Gasteiger charge is 2.20. The molecule has 2 atom stereocenters. The molecule has 3 heteroatoms. The second kappa shape index (κ2) is 5.78. The van der Waals surface area contributed by atoms with Gasteiger partial charge in [0.05, 0.1) is 0 Å². The highest BCUT2D eigenvalue weighted by Crippen LogP contribution is 2.25. The summed E-state index contributed by atoms with van der Waals surface area (Å²) < 4.78 is 1.06. The van der Waals surface area contributed by atoms with Crippen molar-refractivity contribution in [3.8, 4) is 0 Å². The van der Waals surface area contributed by atoms with Gasteiger partial charge in [-0.1, -0.05) is 19.3 Å². The second-order valence-corrected chi connectivity index (χ2v) is 5.69. The van der Waals surface area contributed by atoms with Crippen LogP contribution in [0.5, 0.6) is 0 Å². The van der Waals surface area contributed by atoms with Gasteiger partial charge in [-0.2, -0.15) is 0 Å². The van der Waals surface area contributed by atoms with Crippen LogP contribution in [-0.4, -0.2) is 11.0 Å². The lowest BCUT2D eigenvalue weighted by atomic mass is 9.89. The molecule has 0 aromatic carbocycles. The molecule has 0 bridgehead atoms. The van der Waals surface area contributed by atoms with E-state index in [1.807, 2.05) is 12.4 Å². The van der Waals surface area contributed by atoms with Crippen molar-refractivity contribution >= 4 is 15.9 Å². The van der Waals surface area contributed by atoms with E-state index in [1.165, 1.54) is 37.7 Å². The minimum atomic E-state index is 0.376. The van der Waals surface area contributed by atoms with E-state index in [1.54, 1.807) is 0 Å². The molecule has 88 valence electrons. The molecule has 1 aliphatic rings. The zero-order chi connectivity index (χ0) is 11.4. The molecule has 0 spiro atoms. The Labute approximate surface area is 106 Å². The summed E-state index contributed by atoms with van der Waals surface area (Å²) in [6.07, 6.45) is 11.3. The maximum absolute atomic E-state index is 6.23. The molecule has 2 unspecified atom stereocenters. The van der Waals surface area contributed by atoms with Crippen LogP contribution in [0.2, 0.25) is 0 Å². The molecule has 16 heavy (non-hydrogen) atoms. The Hall–Kier alpha value is -0.410. The van der Waals surface area contributed by atoms with E-state index in [2.05, 4.69) is 27.0 Å². The van der Waals surface area contributed by atoms with Crippen LogP contribution in [0.4, 0.5) is 0 Å². The first-order valence-electron chi connectivity index (χ1n) is 6.11. The summed E-state index contributed by atoms with van der Waals surface area (Å²) >= 11 is 3.46. The molecule has 0 saturated heterocycles. The van der Waals surface area contributed by atoms with Gasteiger partial charge in [0.1, 0.15) is 0 Å². The fraction of sp³-hybridized carbons (Fsp3) is 0.615. The van der Waals surface area contributed by atoms with Gasteiger partial charge in [0.25, 0.3) is 0 Å². The first-order valence-corrected chi connectivity index (χ1v) is 6.90. The molecular formula is C13H19BrN2. The molecule has 1 fully saturated rings. The average Bonchev–Trinajstić information content (AvgIpc) is 2.45. The van der Waals surface area contributed by atoms with Gasteiger partial charge in [0.15, 0.2) is 0 Å². The Morgan fingerprint density at radius 1 is 1.25 bits per heavy atom. The van der Waals surface area contributed by atoms with Gasteiger partial charge in [0.2, 0.25) is 0 Å². The molecule has 1 aliphatic carbocycles. The van der Waals surface area contributed by atoms with Crippen LogP contribution in [0.15, 0.2) is 22.9 Å². The predicted octanol–water partition coefficient (Wildman–Crippen LogP) is 3.29. The summed E-state index contributed by atoms with van der Waals surface area (Å²) in [5.74, 6) is 0.638. The molecule has 0 radical (unpaired) electrons. The molecule has 1 aromatic heterocycles. The van der Waals surface area contributed by atoms with Crippen molar-refractivity contribution in [1.29, 1.82) is 0 Å². The number of aromatic nitrogens is 1. The summed E-state index contributed by atoms with van der Waals surface area (Å²) in [4.78, 5) is 4.21. The number of rotatable bonds is 2. The van der Waals surface area contributed by atoms with Gasteiger partial charge >= 0.3 is 0 Å². The van der Waals surface area contributed by atoms with Gasteiger partial charge in [0, 0.05) is 22.9 Å². The topological polar surface area (TPSA) is 38.9 Å². The Morgan fingerprint density at radius 2 is 2.06 bits per heavy atom. The highest BCUT2D eigenvalue weighted by atomic mass is 79.9. The Balaban J connectivity index is 2.02. The predicted molar refractivity (Wildman–Crippen MR) is 70.2 cm³/mol. The van der Waals surface area contributed by atoms with E-state index in [9.17, 15) is 0 Å². The first-order chi connectivity index (χ1) is 7.75. The Bertz CT molecular complexity index is 340. The number of hydrogen-bond donors (Lipinski definition) is 1. The number of halogens is 1. The van der Waals surface area contributed by atoms with Crippen molar-refractivity contribution in [2.75, 3.05) is 0 Å². The molecule has 2 nitrogen and oxygen atoms in total. The van der Waals surface area contributed by atoms with E-state index in [0.29, 0.717) is 12.0 Å². The fourth-order valence-electron chi connectivity index (χ4n) is 2.54. The summed E-state index contributed by atoms with van der Waals surface area (Å²) in [6, 6.07) is 2.53. The minimum absolute atomic E-state index is 0.376. The normalized spacial score (nSPS) is 26.4. The molecule has 0 aliphatic heterocycles. The SMILES string of the molecule is NC1CCCCCC1Cc1cncc(Br)c1. The van der Waals surface area contributed by atoms with Crippen LogP contribution in [0.3, 0.4) is 0 Å². The monoisotopic (exact) mass is 282 g/mol. The van der Waals surface area contributed by atoms with E-state index in [0.717, 1.165) is 10.9 Å². The van der Waals surface area contributed by atoms with Gasteiger partial charge < -0.3 is 5.73 Å². The highest BCUT2D eigenvalue weighted by molar-refractivity contribution is 9.10. The van der Waals surface area contributed by atoms with Crippen molar-refractivity contribution in [2.24, 2.45) is 11.7 Å². The number of hydrogen-bond acceptors (Lipinski definition) is 2. The zero-order valence-corrected chi connectivity index (χ0v) is 11.1. The number of pyridine rings is 1. The lowest BCUT2D eigenvalue weighted by molar-refractivity contribution is 0.395. The molecule has 1 aromatic rings. The summed E-state index contributed by atoms with van der Waals surface area (Å²) in [5, 5.41) is 0. The molecule has 0 amide bonds. The molecule has 1 saturated carbocycles. The van der Waals surface area contributed by atoms with Crippen molar-refractivity contribution in [3.63, 3.8) is 0 Å². The third-order valence-electron chi connectivity index (χ3n) is 3.48.